The monoisotopic (exact) mass is 374 g/mol. The van der Waals surface area contributed by atoms with Gasteiger partial charge >= 0.3 is 18.5 Å². The fourth-order valence-electron chi connectivity index (χ4n) is 0.643. The fraction of sp³-hybridized carbons (Fsp3) is 0.769. The van der Waals surface area contributed by atoms with Crippen molar-refractivity contribution in [1.82, 2.24) is 0 Å². The maximum absolute atomic E-state index is 10.2. The number of aliphatic hydroxyl groups excluding tert-OH is 2. The van der Waals surface area contributed by atoms with E-state index in [-0.39, 0.29) is 33.0 Å². The summed E-state index contributed by atoms with van der Waals surface area (Å²) < 4.78 is 29.8. The summed E-state index contributed by atoms with van der Waals surface area (Å²) in [6.07, 6.45) is -2.20. The SMILES string of the molecule is COC(=O)OCCO.COC(=O)OCCO.COCCOC(=O)OC. The zero-order valence-electron chi connectivity index (χ0n) is 14.7. The lowest BCUT2D eigenvalue weighted by atomic mass is 10.8. The van der Waals surface area contributed by atoms with E-state index in [0.717, 1.165) is 0 Å². The summed E-state index contributed by atoms with van der Waals surface area (Å²) in [4.78, 5) is 30.2. The van der Waals surface area contributed by atoms with Crippen LogP contribution in [0, 0.1) is 0 Å². The molecule has 0 spiro atoms. The van der Waals surface area contributed by atoms with Gasteiger partial charge in [-0.3, -0.25) is 0 Å². The second-order valence-electron chi connectivity index (χ2n) is 3.35. The molecule has 0 unspecified atom stereocenters. The molecule has 2 N–H and O–H groups in total. The van der Waals surface area contributed by atoms with Gasteiger partial charge in [0, 0.05) is 7.11 Å². The van der Waals surface area contributed by atoms with Crippen molar-refractivity contribution in [2.75, 3.05) is 68.1 Å². The highest BCUT2D eigenvalue weighted by Gasteiger charge is 1.97. The number of aliphatic hydroxyl groups is 2. The van der Waals surface area contributed by atoms with Crippen LogP contribution in [-0.4, -0.2) is 96.8 Å². The van der Waals surface area contributed by atoms with Gasteiger partial charge in [0.15, 0.2) is 0 Å². The maximum atomic E-state index is 10.2. The first-order valence-electron chi connectivity index (χ1n) is 6.76. The molecule has 0 fully saturated rings. The fourth-order valence-corrected chi connectivity index (χ4v) is 0.643. The van der Waals surface area contributed by atoms with Crippen LogP contribution >= 0.6 is 0 Å². The minimum Gasteiger partial charge on any atom is -0.438 e. The smallest absolute Gasteiger partial charge is 0.438 e. The van der Waals surface area contributed by atoms with Crippen molar-refractivity contribution in [2.45, 2.75) is 0 Å². The van der Waals surface area contributed by atoms with E-state index in [4.69, 9.17) is 10.2 Å². The van der Waals surface area contributed by atoms with E-state index >= 15 is 0 Å². The molecule has 0 amide bonds. The first-order valence-corrected chi connectivity index (χ1v) is 6.76. The first-order chi connectivity index (χ1) is 11.9. The highest BCUT2D eigenvalue weighted by Crippen LogP contribution is 1.81. The van der Waals surface area contributed by atoms with Gasteiger partial charge in [0.25, 0.3) is 0 Å². The Bertz CT molecular complexity index is 300. The van der Waals surface area contributed by atoms with Crippen LogP contribution in [0.4, 0.5) is 14.4 Å². The van der Waals surface area contributed by atoms with Crippen LogP contribution in [0.5, 0.6) is 0 Å². The van der Waals surface area contributed by atoms with E-state index in [1.54, 1.807) is 0 Å². The van der Waals surface area contributed by atoms with E-state index in [2.05, 4.69) is 33.2 Å². The highest BCUT2D eigenvalue weighted by molar-refractivity contribution is 5.60. The molecule has 0 atom stereocenters. The van der Waals surface area contributed by atoms with Gasteiger partial charge in [-0.1, -0.05) is 0 Å². The van der Waals surface area contributed by atoms with Crippen LogP contribution in [0.1, 0.15) is 0 Å². The lowest BCUT2D eigenvalue weighted by Crippen LogP contribution is -2.08. The van der Waals surface area contributed by atoms with Crippen LogP contribution in [-0.2, 0) is 33.2 Å². The van der Waals surface area contributed by atoms with E-state index in [0.29, 0.717) is 6.61 Å². The molecule has 0 aromatic rings. The molecule has 150 valence electrons. The Labute approximate surface area is 145 Å². The van der Waals surface area contributed by atoms with Crippen molar-refractivity contribution in [2.24, 2.45) is 0 Å². The van der Waals surface area contributed by atoms with Gasteiger partial charge in [-0.05, 0) is 0 Å². The Hall–Kier alpha value is -2.31. The zero-order chi connectivity index (χ0) is 19.9. The summed E-state index contributed by atoms with van der Waals surface area (Å²) in [6, 6.07) is 0. The van der Waals surface area contributed by atoms with Crippen molar-refractivity contribution in [3.05, 3.63) is 0 Å². The highest BCUT2D eigenvalue weighted by atomic mass is 16.7. The number of carbonyl (C=O) groups excluding carboxylic acids is 3. The largest absolute Gasteiger partial charge is 0.508 e. The number of hydrogen-bond donors (Lipinski definition) is 2. The number of hydrogen-bond acceptors (Lipinski definition) is 12. The van der Waals surface area contributed by atoms with E-state index in [1.807, 2.05) is 0 Å². The summed E-state index contributed by atoms with van der Waals surface area (Å²) in [7, 11) is 5.20. The molecular weight excluding hydrogens is 348 g/mol. The molecule has 0 radical (unpaired) electrons. The van der Waals surface area contributed by atoms with Crippen molar-refractivity contribution >= 4 is 18.5 Å². The van der Waals surface area contributed by atoms with Gasteiger partial charge in [0.05, 0.1) is 41.2 Å². The molecule has 0 saturated heterocycles. The predicted octanol–water partition coefficient (Wildman–Crippen LogP) is -0.0608. The molecular formula is C13H26O12. The quantitative estimate of drug-likeness (QED) is 0.348. The van der Waals surface area contributed by atoms with E-state index < -0.39 is 18.5 Å². The molecule has 12 heteroatoms. The Balaban J connectivity index is -0.000000291. The van der Waals surface area contributed by atoms with Crippen LogP contribution in [0.2, 0.25) is 0 Å². The summed E-state index contributed by atoms with van der Waals surface area (Å²) in [5.41, 5.74) is 0. The lowest BCUT2D eigenvalue weighted by Gasteiger charge is -1.99. The average Bonchev–Trinajstić information content (AvgIpc) is 2.64. The maximum Gasteiger partial charge on any atom is 0.508 e. The van der Waals surface area contributed by atoms with Crippen LogP contribution in [0.25, 0.3) is 0 Å². The Kier molecular flexibility index (Phi) is 26.4. The standard InChI is InChI=1S/C5H10O4.2C4H8O4/c1-7-3-4-9-5(6)8-2;2*1-7-4(6)8-3-2-5/h3-4H2,1-2H3;2*5H,2-3H2,1H3. The normalized spacial score (nSPS) is 8.40. The third-order valence-electron chi connectivity index (χ3n) is 1.63. The summed E-state index contributed by atoms with van der Waals surface area (Å²) in [6.45, 7) is 0.280. The van der Waals surface area contributed by atoms with Gasteiger partial charge in [-0.25, -0.2) is 14.4 Å². The number of rotatable bonds is 7. The Morgan fingerprint density at radius 3 is 1.16 bits per heavy atom. The van der Waals surface area contributed by atoms with Gasteiger partial charge in [0.2, 0.25) is 0 Å². The van der Waals surface area contributed by atoms with Crippen LogP contribution in [0.15, 0.2) is 0 Å². The second-order valence-corrected chi connectivity index (χ2v) is 3.35. The third-order valence-corrected chi connectivity index (χ3v) is 1.63. The molecule has 0 aliphatic rings. The van der Waals surface area contributed by atoms with E-state index in [9.17, 15) is 14.4 Å². The third kappa shape index (κ3) is 30.2. The minimum absolute atomic E-state index is 0.00727. The van der Waals surface area contributed by atoms with Crippen molar-refractivity contribution in [3.63, 3.8) is 0 Å². The second kappa shape index (κ2) is 23.9. The molecule has 0 aromatic heterocycles. The first kappa shape index (κ1) is 27.5. The predicted molar refractivity (Wildman–Crippen MR) is 81.1 cm³/mol. The van der Waals surface area contributed by atoms with Gasteiger partial charge in [-0.2, -0.15) is 0 Å². The average molecular weight is 374 g/mol. The lowest BCUT2D eigenvalue weighted by molar-refractivity contribution is 0.0496. The molecule has 0 aliphatic carbocycles. The molecule has 0 bridgehead atoms. The molecule has 0 rings (SSSR count). The van der Waals surface area contributed by atoms with Crippen molar-refractivity contribution in [1.29, 1.82) is 0 Å². The molecule has 25 heavy (non-hydrogen) atoms. The number of methoxy groups -OCH3 is 4. The van der Waals surface area contributed by atoms with Crippen molar-refractivity contribution < 1.29 is 57.8 Å². The molecule has 0 aliphatic heterocycles. The molecule has 0 saturated carbocycles. The number of ether oxygens (including phenoxy) is 7. The van der Waals surface area contributed by atoms with Crippen LogP contribution < -0.4 is 0 Å². The summed E-state index contributed by atoms with van der Waals surface area (Å²) >= 11 is 0. The Morgan fingerprint density at radius 1 is 0.600 bits per heavy atom. The van der Waals surface area contributed by atoms with Gasteiger partial charge in [-0.15, -0.1) is 0 Å². The van der Waals surface area contributed by atoms with E-state index in [1.165, 1.54) is 28.4 Å². The topological polar surface area (TPSA) is 156 Å². The van der Waals surface area contributed by atoms with Gasteiger partial charge in [0.1, 0.15) is 19.8 Å². The minimum atomic E-state index is -0.765. The van der Waals surface area contributed by atoms with Crippen LogP contribution in [0.3, 0.4) is 0 Å². The molecule has 12 nitrogen and oxygen atoms in total. The summed E-state index contributed by atoms with van der Waals surface area (Å²) in [5.74, 6) is 0. The van der Waals surface area contributed by atoms with Crippen molar-refractivity contribution in [3.8, 4) is 0 Å². The molecule has 0 aromatic carbocycles. The Morgan fingerprint density at radius 2 is 0.920 bits per heavy atom. The molecule has 0 heterocycles. The summed E-state index contributed by atoms with van der Waals surface area (Å²) in [5, 5.41) is 16.2. The number of carbonyl (C=O) groups is 3. The van der Waals surface area contributed by atoms with Gasteiger partial charge < -0.3 is 43.4 Å². The zero-order valence-corrected chi connectivity index (χ0v) is 14.7.